The van der Waals surface area contributed by atoms with E-state index >= 15 is 0 Å². The number of aryl methyl sites for hydroxylation is 1. The van der Waals surface area contributed by atoms with Crippen molar-refractivity contribution in [3.63, 3.8) is 0 Å². The summed E-state index contributed by atoms with van der Waals surface area (Å²) in [6, 6.07) is 6.15. The molecular formula is C14H22N2O2. The van der Waals surface area contributed by atoms with Crippen molar-refractivity contribution in [3.05, 3.63) is 23.8 Å². The van der Waals surface area contributed by atoms with E-state index in [4.69, 9.17) is 9.47 Å². The zero-order valence-electron chi connectivity index (χ0n) is 11.2. The van der Waals surface area contributed by atoms with Crippen molar-refractivity contribution in [1.82, 2.24) is 5.32 Å². The molecule has 0 saturated carbocycles. The SMILES string of the molecule is COc1ccc(NCCC2CNCCO2)cc1C. The topological polar surface area (TPSA) is 42.5 Å². The van der Waals surface area contributed by atoms with Gasteiger partial charge in [0.05, 0.1) is 19.8 Å². The summed E-state index contributed by atoms with van der Waals surface area (Å²) in [5.74, 6) is 0.931. The number of methoxy groups -OCH3 is 1. The van der Waals surface area contributed by atoms with Crippen LogP contribution in [0.5, 0.6) is 5.75 Å². The third-order valence-electron chi connectivity index (χ3n) is 3.19. The largest absolute Gasteiger partial charge is 0.496 e. The standard InChI is InChI=1S/C14H22N2O2/c1-11-9-12(3-4-14(11)17-2)16-6-5-13-10-15-7-8-18-13/h3-4,9,13,15-16H,5-8,10H2,1-2H3. The van der Waals surface area contributed by atoms with Gasteiger partial charge in [0.2, 0.25) is 0 Å². The maximum absolute atomic E-state index is 5.65. The number of anilines is 1. The highest BCUT2D eigenvalue weighted by Gasteiger charge is 2.12. The minimum Gasteiger partial charge on any atom is -0.496 e. The van der Waals surface area contributed by atoms with Gasteiger partial charge in [-0.3, -0.25) is 0 Å². The van der Waals surface area contributed by atoms with Crippen molar-refractivity contribution in [2.75, 3.05) is 38.7 Å². The highest BCUT2D eigenvalue weighted by molar-refractivity contribution is 5.50. The lowest BCUT2D eigenvalue weighted by atomic mass is 10.2. The average molecular weight is 250 g/mol. The molecule has 4 heteroatoms. The Morgan fingerprint density at radius 3 is 3.06 bits per heavy atom. The molecule has 1 atom stereocenters. The Kier molecular flexibility index (Phi) is 4.84. The summed E-state index contributed by atoms with van der Waals surface area (Å²) in [5, 5.41) is 6.76. The van der Waals surface area contributed by atoms with Crippen LogP contribution in [0.2, 0.25) is 0 Å². The second-order valence-corrected chi connectivity index (χ2v) is 4.60. The highest BCUT2D eigenvalue weighted by atomic mass is 16.5. The van der Waals surface area contributed by atoms with Crippen LogP contribution in [-0.2, 0) is 4.74 Å². The Hall–Kier alpha value is -1.26. The summed E-state index contributed by atoms with van der Waals surface area (Å²) >= 11 is 0. The normalized spacial score (nSPS) is 19.6. The van der Waals surface area contributed by atoms with Gasteiger partial charge < -0.3 is 20.1 Å². The lowest BCUT2D eigenvalue weighted by Crippen LogP contribution is -2.39. The number of nitrogens with one attached hydrogen (secondary N) is 2. The molecule has 0 amide bonds. The molecule has 0 aromatic heterocycles. The molecule has 100 valence electrons. The van der Waals surface area contributed by atoms with Crippen molar-refractivity contribution in [3.8, 4) is 5.75 Å². The molecule has 18 heavy (non-hydrogen) atoms. The number of hydrogen-bond acceptors (Lipinski definition) is 4. The van der Waals surface area contributed by atoms with Gasteiger partial charge in [-0.15, -0.1) is 0 Å². The number of ether oxygens (including phenoxy) is 2. The van der Waals surface area contributed by atoms with Crippen molar-refractivity contribution in [1.29, 1.82) is 0 Å². The smallest absolute Gasteiger partial charge is 0.121 e. The zero-order chi connectivity index (χ0) is 12.8. The van der Waals surface area contributed by atoms with E-state index in [2.05, 4.69) is 23.6 Å². The maximum Gasteiger partial charge on any atom is 0.121 e. The van der Waals surface area contributed by atoms with E-state index in [9.17, 15) is 0 Å². The first-order chi connectivity index (χ1) is 8.79. The molecule has 0 spiro atoms. The van der Waals surface area contributed by atoms with Crippen molar-refractivity contribution >= 4 is 5.69 Å². The van der Waals surface area contributed by atoms with Crippen LogP contribution < -0.4 is 15.4 Å². The van der Waals surface area contributed by atoms with Gasteiger partial charge in [-0.05, 0) is 37.1 Å². The fourth-order valence-corrected chi connectivity index (χ4v) is 2.17. The summed E-state index contributed by atoms with van der Waals surface area (Å²) < 4.78 is 10.9. The van der Waals surface area contributed by atoms with E-state index in [-0.39, 0.29) is 0 Å². The third-order valence-corrected chi connectivity index (χ3v) is 3.19. The predicted octanol–water partition coefficient (Wildman–Crippen LogP) is 1.79. The molecule has 1 aliphatic rings. The van der Waals surface area contributed by atoms with E-state index in [1.165, 1.54) is 0 Å². The zero-order valence-corrected chi connectivity index (χ0v) is 11.2. The molecule has 0 radical (unpaired) electrons. The molecule has 0 aliphatic carbocycles. The van der Waals surface area contributed by atoms with Crippen LogP contribution in [0.15, 0.2) is 18.2 Å². The van der Waals surface area contributed by atoms with Crippen LogP contribution in [0.3, 0.4) is 0 Å². The minimum atomic E-state index is 0.339. The second-order valence-electron chi connectivity index (χ2n) is 4.60. The molecule has 1 saturated heterocycles. The molecule has 4 nitrogen and oxygen atoms in total. The Morgan fingerprint density at radius 2 is 2.39 bits per heavy atom. The molecule has 2 rings (SSSR count). The second kappa shape index (κ2) is 6.61. The van der Waals surface area contributed by atoms with Gasteiger partial charge in [0.1, 0.15) is 5.75 Å². The van der Waals surface area contributed by atoms with Gasteiger partial charge in [0.15, 0.2) is 0 Å². The molecule has 1 unspecified atom stereocenters. The summed E-state index contributed by atoms with van der Waals surface area (Å²) in [6.45, 7) is 5.74. The fourth-order valence-electron chi connectivity index (χ4n) is 2.17. The van der Waals surface area contributed by atoms with Gasteiger partial charge in [0, 0.05) is 25.3 Å². The highest BCUT2D eigenvalue weighted by Crippen LogP contribution is 2.21. The number of rotatable bonds is 5. The molecule has 1 aromatic carbocycles. The van der Waals surface area contributed by atoms with Crippen molar-refractivity contribution < 1.29 is 9.47 Å². The van der Waals surface area contributed by atoms with E-state index in [1.54, 1.807) is 7.11 Å². The van der Waals surface area contributed by atoms with E-state index in [1.807, 2.05) is 12.1 Å². The first kappa shape index (κ1) is 13.2. The molecule has 1 aliphatic heterocycles. The summed E-state index contributed by atoms with van der Waals surface area (Å²) in [5.41, 5.74) is 2.29. The van der Waals surface area contributed by atoms with Gasteiger partial charge in [-0.25, -0.2) is 0 Å². The average Bonchev–Trinajstić information content (AvgIpc) is 2.40. The summed E-state index contributed by atoms with van der Waals surface area (Å²) in [7, 11) is 1.70. The van der Waals surface area contributed by atoms with Crippen LogP contribution in [0.4, 0.5) is 5.69 Å². The Bertz CT molecular complexity index is 376. The van der Waals surface area contributed by atoms with Crippen LogP contribution >= 0.6 is 0 Å². The monoisotopic (exact) mass is 250 g/mol. The van der Waals surface area contributed by atoms with Crippen molar-refractivity contribution in [2.24, 2.45) is 0 Å². The Balaban J connectivity index is 1.77. The molecule has 2 N–H and O–H groups in total. The fraction of sp³-hybridized carbons (Fsp3) is 0.571. The molecular weight excluding hydrogens is 228 g/mol. The number of hydrogen-bond donors (Lipinski definition) is 2. The van der Waals surface area contributed by atoms with E-state index < -0.39 is 0 Å². The van der Waals surface area contributed by atoms with E-state index in [0.29, 0.717) is 6.10 Å². The van der Waals surface area contributed by atoms with Gasteiger partial charge >= 0.3 is 0 Å². The first-order valence-corrected chi connectivity index (χ1v) is 6.50. The van der Waals surface area contributed by atoms with Gasteiger partial charge in [0.25, 0.3) is 0 Å². The molecule has 0 bridgehead atoms. The maximum atomic E-state index is 5.65. The van der Waals surface area contributed by atoms with E-state index in [0.717, 1.165) is 49.7 Å². The van der Waals surface area contributed by atoms with Gasteiger partial charge in [-0.1, -0.05) is 0 Å². The molecule has 1 fully saturated rings. The van der Waals surface area contributed by atoms with Gasteiger partial charge in [-0.2, -0.15) is 0 Å². The molecule has 1 heterocycles. The van der Waals surface area contributed by atoms with Crippen LogP contribution in [0.25, 0.3) is 0 Å². The minimum absolute atomic E-state index is 0.339. The lowest BCUT2D eigenvalue weighted by Gasteiger charge is -2.23. The van der Waals surface area contributed by atoms with Crippen LogP contribution in [-0.4, -0.2) is 39.5 Å². The van der Waals surface area contributed by atoms with Crippen molar-refractivity contribution in [2.45, 2.75) is 19.4 Å². The van der Waals surface area contributed by atoms with Crippen LogP contribution in [0, 0.1) is 6.92 Å². The predicted molar refractivity (Wildman–Crippen MR) is 73.4 cm³/mol. The summed E-state index contributed by atoms with van der Waals surface area (Å²) in [4.78, 5) is 0. The third kappa shape index (κ3) is 3.62. The lowest BCUT2D eigenvalue weighted by molar-refractivity contribution is 0.0258. The summed E-state index contributed by atoms with van der Waals surface area (Å²) in [6.07, 6.45) is 1.36. The first-order valence-electron chi connectivity index (χ1n) is 6.50. The Morgan fingerprint density at radius 1 is 1.50 bits per heavy atom. The van der Waals surface area contributed by atoms with Crippen LogP contribution in [0.1, 0.15) is 12.0 Å². The quantitative estimate of drug-likeness (QED) is 0.836. The molecule has 1 aromatic rings. The number of benzene rings is 1. The number of morpholine rings is 1. The Labute approximate surface area is 109 Å².